The molecule has 1 N–H and O–H groups in total. The molecule has 0 aliphatic carbocycles. The molecule has 82 valence electrons. The molecule has 0 aromatic heterocycles. The molecule has 2 rings (SSSR count). The van der Waals surface area contributed by atoms with Crippen molar-refractivity contribution >= 4 is 0 Å². The van der Waals surface area contributed by atoms with Crippen molar-refractivity contribution < 1.29 is 19.3 Å². The molecule has 4 nitrogen and oxygen atoms in total. The van der Waals surface area contributed by atoms with Gasteiger partial charge in [0.05, 0.1) is 24.9 Å². The standard InChI is InChI=1S/C10H18O4/c1-5-9(11)6(2)13-8-4-12-7(3)14-10(5)8/h5-11H,4H2,1-3H3/t5-,6+,7?,8?,9?,10-/m1/s1. The molecule has 0 radical (unpaired) electrons. The van der Waals surface area contributed by atoms with Gasteiger partial charge in [-0.25, -0.2) is 0 Å². The maximum absolute atomic E-state index is 9.83. The average Bonchev–Trinajstić information content (AvgIpc) is 2.16. The number of ether oxygens (including phenoxy) is 3. The van der Waals surface area contributed by atoms with Gasteiger partial charge < -0.3 is 19.3 Å². The molecule has 2 aliphatic rings. The van der Waals surface area contributed by atoms with Crippen molar-refractivity contribution in [1.29, 1.82) is 0 Å². The van der Waals surface area contributed by atoms with Gasteiger partial charge in [-0.2, -0.15) is 0 Å². The number of hydrogen-bond donors (Lipinski definition) is 1. The van der Waals surface area contributed by atoms with Gasteiger partial charge in [-0.05, 0) is 13.8 Å². The van der Waals surface area contributed by atoms with E-state index in [1.165, 1.54) is 0 Å². The number of rotatable bonds is 0. The van der Waals surface area contributed by atoms with Crippen LogP contribution in [0.15, 0.2) is 0 Å². The highest BCUT2D eigenvalue weighted by atomic mass is 16.7. The molecule has 4 heteroatoms. The van der Waals surface area contributed by atoms with Crippen LogP contribution < -0.4 is 0 Å². The van der Waals surface area contributed by atoms with E-state index in [0.717, 1.165) is 0 Å². The molecule has 2 saturated heterocycles. The molecule has 0 amide bonds. The smallest absolute Gasteiger partial charge is 0.155 e. The van der Waals surface area contributed by atoms with Gasteiger partial charge in [0.15, 0.2) is 6.29 Å². The SMILES string of the molecule is CC1OCC2O[C@@H](C)C(O)[C@@H](C)[C@H]2O1. The molecule has 2 heterocycles. The Morgan fingerprint density at radius 1 is 1.14 bits per heavy atom. The molecule has 0 spiro atoms. The van der Waals surface area contributed by atoms with E-state index < -0.39 is 6.10 Å². The summed E-state index contributed by atoms with van der Waals surface area (Å²) in [6, 6.07) is 0. The first-order valence-electron chi connectivity index (χ1n) is 5.20. The summed E-state index contributed by atoms with van der Waals surface area (Å²) >= 11 is 0. The largest absolute Gasteiger partial charge is 0.390 e. The summed E-state index contributed by atoms with van der Waals surface area (Å²) in [7, 11) is 0. The maximum atomic E-state index is 9.83. The molecule has 2 aliphatic heterocycles. The fourth-order valence-electron chi connectivity index (χ4n) is 2.23. The van der Waals surface area contributed by atoms with Crippen molar-refractivity contribution in [2.75, 3.05) is 6.61 Å². The molecule has 14 heavy (non-hydrogen) atoms. The molecule has 6 atom stereocenters. The van der Waals surface area contributed by atoms with Crippen LogP contribution >= 0.6 is 0 Å². The van der Waals surface area contributed by atoms with E-state index in [1.807, 2.05) is 20.8 Å². The highest BCUT2D eigenvalue weighted by Crippen LogP contribution is 2.31. The van der Waals surface area contributed by atoms with Crippen molar-refractivity contribution in [3.63, 3.8) is 0 Å². The Morgan fingerprint density at radius 3 is 2.57 bits per heavy atom. The van der Waals surface area contributed by atoms with Crippen LogP contribution in [-0.4, -0.2) is 42.4 Å². The van der Waals surface area contributed by atoms with Gasteiger partial charge in [0.25, 0.3) is 0 Å². The Kier molecular flexibility index (Phi) is 2.79. The van der Waals surface area contributed by atoms with E-state index in [4.69, 9.17) is 14.2 Å². The Bertz CT molecular complexity index is 206. The Balaban J connectivity index is 2.08. The van der Waals surface area contributed by atoms with Crippen LogP contribution in [0, 0.1) is 5.92 Å². The molecule has 3 unspecified atom stereocenters. The molecular weight excluding hydrogens is 184 g/mol. The predicted molar refractivity (Wildman–Crippen MR) is 49.8 cm³/mol. The van der Waals surface area contributed by atoms with Gasteiger partial charge in [0.1, 0.15) is 6.10 Å². The van der Waals surface area contributed by atoms with Gasteiger partial charge in [-0.15, -0.1) is 0 Å². The van der Waals surface area contributed by atoms with Gasteiger partial charge in [0.2, 0.25) is 0 Å². The van der Waals surface area contributed by atoms with Crippen LogP contribution in [0.4, 0.5) is 0 Å². The van der Waals surface area contributed by atoms with E-state index in [-0.39, 0.29) is 30.5 Å². The van der Waals surface area contributed by atoms with Gasteiger partial charge in [-0.3, -0.25) is 0 Å². The number of fused-ring (bicyclic) bond motifs is 1. The third kappa shape index (κ3) is 1.67. The van der Waals surface area contributed by atoms with Crippen molar-refractivity contribution in [1.82, 2.24) is 0 Å². The van der Waals surface area contributed by atoms with Crippen LogP contribution in [0.3, 0.4) is 0 Å². The Labute approximate surface area is 84.1 Å². The van der Waals surface area contributed by atoms with Gasteiger partial charge in [-0.1, -0.05) is 6.92 Å². The van der Waals surface area contributed by atoms with Crippen LogP contribution in [0.5, 0.6) is 0 Å². The van der Waals surface area contributed by atoms with Crippen molar-refractivity contribution in [3.05, 3.63) is 0 Å². The quantitative estimate of drug-likeness (QED) is 0.622. The summed E-state index contributed by atoms with van der Waals surface area (Å²) in [6.07, 6.45) is -0.833. The maximum Gasteiger partial charge on any atom is 0.155 e. The normalized spacial score (nSPS) is 54.0. The number of aliphatic hydroxyl groups is 1. The highest BCUT2D eigenvalue weighted by molar-refractivity contribution is 4.90. The lowest BCUT2D eigenvalue weighted by Crippen LogP contribution is -2.58. The van der Waals surface area contributed by atoms with Gasteiger partial charge in [0, 0.05) is 5.92 Å². The van der Waals surface area contributed by atoms with E-state index in [2.05, 4.69) is 0 Å². The molecule has 0 aromatic rings. The molecule has 0 aromatic carbocycles. The third-order valence-electron chi connectivity index (χ3n) is 3.14. The second-order valence-corrected chi connectivity index (χ2v) is 4.23. The summed E-state index contributed by atoms with van der Waals surface area (Å²) in [6.45, 7) is 6.31. The monoisotopic (exact) mass is 202 g/mol. The minimum absolute atomic E-state index is 0.0281. The first-order valence-corrected chi connectivity index (χ1v) is 5.20. The van der Waals surface area contributed by atoms with E-state index in [1.54, 1.807) is 0 Å². The summed E-state index contributed by atoms with van der Waals surface area (Å²) < 4.78 is 16.6. The molecule has 0 bridgehead atoms. The molecular formula is C10H18O4. The lowest BCUT2D eigenvalue weighted by atomic mass is 9.88. The zero-order chi connectivity index (χ0) is 10.3. The second kappa shape index (κ2) is 3.77. The molecule has 0 saturated carbocycles. The zero-order valence-electron chi connectivity index (χ0n) is 8.84. The first-order chi connectivity index (χ1) is 6.59. The highest BCUT2D eigenvalue weighted by Gasteiger charge is 2.44. The van der Waals surface area contributed by atoms with Gasteiger partial charge >= 0.3 is 0 Å². The van der Waals surface area contributed by atoms with Crippen LogP contribution in [0.2, 0.25) is 0 Å². The summed E-state index contributed by atoms with van der Waals surface area (Å²) in [5.74, 6) is 0.107. The minimum Gasteiger partial charge on any atom is -0.390 e. The predicted octanol–water partition coefficient (Wildman–Crippen LogP) is 0.532. The fourth-order valence-corrected chi connectivity index (χ4v) is 2.23. The number of aliphatic hydroxyl groups excluding tert-OH is 1. The zero-order valence-corrected chi connectivity index (χ0v) is 8.84. The summed E-state index contributed by atoms with van der Waals surface area (Å²) in [5.41, 5.74) is 0. The van der Waals surface area contributed by atoms with Crippen molar-refractivity contribution in [3.8, 4) is 0 Å². The average molecular weight is 202 g/mol. The fraction of sp³-hybridized carbons (Fsp3) is 1.00. The van der Waals surface area contributed by atoms with Crippen LogP contribution in [0.25, 0.3) is 0 Å². The Morgan fingerprint density at radius 2 is 1.86 bits per heavy atom. The van der Waals surface area contributed by atoms with Crippen LogP contribution in [0.1, 0.15) is 20.8 Å². The molecule has 2 fully saturated rings. The minimum atomic E-state index is -0.443. The summed E-state index contributed by atoms with van der Waals surface area (Å²) in [5, 5.41) is 9.83. The van der Waals surface area contributed by atoms with E-state index in [9.17, 15) is 5.11 Å². The van der Waals surface area contributed by atoms with E-state index in [0.29, 0.717) is 6.61 Å². The lowest BCUT2D eigenvalue weighted by Gasteiger charge is -2.46. The second-order valence-electron chi connectivity index (χ2n) is 4.23. The first kappa shape index (κ1) is 10.4. The van der Waals surface area contributed by atoms with Crippen molar-refractivity contribution in [2.24, 2.45) is 5.92 Å². The van der Waals surface area contributed by atoms with Crippen molar-refractivity contribution in [2.45, 2.75) is 51.5 Å². The van der Waals surface area contributed by atoms with E-state index >= 15 is 0 Å². The lowest BCUT2D eigenvalue weighted by molar-refractivity contribution is -0.306. The third-order valence-corrected chi connectivity index (χ3v) is 3.14. The topological polar surface area (TPSA) is 47.9 Å². The Hall–Kier alpha value is -0.160. The van der Waals surface area contributed by atoms with Crippen LogP contribution in [-0.2, 0) is 14.2 Å². The number of hydrogen-bond acceptors (Lipinski definition) is 4. The summed E-state index contributed by atoms with van der Waals surface area (Å²) in [4.78, 5) is 0.